The molecule has 152 valence electrons. The zero-order valence-electron chi connectivity index (χ0n) is 16.9. The summed E-state index contributed by atoms with van der Waals surface area (Å²) >= 11 is 1.62. The van der Waals surface area contributed by atoms with Gasteiger partial charge in [-0.3, -0.25) is 0 Å². The third-order valence-corrected chi connectivity index (χ3v) is 7.99. The molecular weight excluding hydrogens is 402 g/mol. The molecule has 0 atom stereocenters. The van der Waals surface area contributed by atoms with Crippen LogP contribution >= 0.6 is 11.3 Å². The highest BCUT2D eigenvalue weighted by Gasteiger charge is 2.29. The van der Waals surface area contributed by atoms with E-state index in [2.05, 4.69) is 42.3 Å². The van der Waals surface area contributed by atoms with Crippen LogP contribution in [-0.4, -0.2) is 43.9 Å². The highest BCUT2D eigenvalue weighted by atomic mass is 32.2. The number of sulfonamides is 1. The second-order valence-electron chi connectivity index (χ2n) is 7.60. The maximum atomic E-state index is 12.9. The van der Waals surface area contributed by atoms with Gasteiger partial charge in [0.1, 0.15) is 0 Å². The lowest BCUT2D eigenvalue weighted by Gasteiger charge is -2.33. The molecule has 1 fully saturated rings. The van der Waals surface area contributed by atoms with Crippen molar-refractivity contribution in [2.45, 2.75) is 25.7 Å². The minimum absolute atomic E-state index is 0.364. The van der Waals surface area contributed by atoms with Crippen LogP contribution in [0.15, 0.2) is 52.7 Å². The number of piperazine rings is 1. The van der Waals surface area contributed by atoms with E-state index >= 15 is 0 Å². The van der Waals surface area contributed by atoms with Gasteiger partial charge < -0.3 is 4.90 Å². The highest BCUT2D eigenvalue weighted by Crippen LogP contribution is 2.30. The van der Waals surface area contributed by atoms with E-state index in [-0.39, 0.29) is 0 Å². The summed E-state index contributed by atoms with van der Waals surface area (Å²) in [4.78, 5) is 7.36. The van der Waals surface area contributed by atoms with E-state index in [4.69, 9.17) is 4.98 Å². The standard InChI is InChI=1S/C22H25N3O2S2/c1-16-4-6-20(7-5-16)29(26,27)25-10-8-24(9-11-25)22-23-21(15-28-22)19-13-17(2)12-18(3)14-19/h4-7,12-15H,8-11H2,1-3H3. The summed E-state index contributed by atoms with van der Waals surface area (Å²) < 4.78 is 27.4. The number of hydrogen-bond donors (Lipinski definition) is 0. The first kappa shape index (κ1) is 20.1. The number of aryl methyl sites for hydroxylation is 3. The van der Waals surface area contributed by atoms with Gasteiger partial charge in [-0.2, -0.15) is 4.31 Å². The number of nitrogens with zero attached hydrogens (tertiary/aromatic N) is 3. The minimum atomic E-state index is -3.44. The summed E-state index contributed by atoms with van der Waals surface area (Å²) in [5, 5.41) is 3.03. The fourth-order valence-electron chi connectivity index (χ4n) is 3.64. The Hall–Kier alpha value is -2.22. The number of thiazole rings is 1. The van der Waals surface area contributed by atoms with E-state index in [0.29, 0.717) is 31.1 Å². The smallest absolute Gasteiger partial charge is 0.243 e. The van der Waals surface area contributed by atoms with Crippen molar-refractivity contribution >= 4 is 26.5 Å². The van der Waals surface area contributed by atoms with Gasteiger partial charge in [-0.25, -0.2) is 13.4 Å². The van der Waals surface area contributed by atoms with Crippen molar-refractivity contribution in [3.63, 3.8) is 0 Å². The lowest BCUT2D eigenvalue weighted by molar-refractivity contribution is 0.385. The van der Waals surface area contributed by atoms with Gasteiger partial charge >= 0.3 is 0 Å². The first-order chi connectivity index (χ1) is 13.8. The zero-order chi connectivity index (χ0) is 20.6. The van der Waals surface area contributed by atoms with E-state index in [9.17, 15) is 8.42 Å². The lowest BCUT2D eigenvalue weighted by Crippen LogP contribution is -2.48. The zero-order valence-corrected chi connectivity index (χ0v) is 18.6. The fraction of sp³-hybridized carbons (Fsp3) is 0.318. The lowest BCUT2D eigenvalue weighted by atomic mass is 10.1. The molecule has 0 spiro atoms. The van der Waals surface area contributed by atoms with E-state index in [1.165, 1.54) is 11.1 Å². The Kier molecular flexibility index (Phi) is 5.46. The molecule has 29 heavy (non-hydrogen) atoms. The summed E-state index contributed by atoms with van der Waals surface area (Å²) in [6, 6.07) is 13.5. The van der Waals surface area contributed by atoms with Crippen LogP contribution in [0.25, 0.3) is 11.3 Å². The van der Waals surface area contributed by atoms with Crippen LogP contribution in [0.4, 0.5) is 5.13 Å². The van der Waals surface area contributed by atoms with Crippen LogP contribution in [0.1, 0.15) is 16.7 Å². The van der Waals surface area contributed by atoms with E-state index < -0.39 is 10.0 Å². The molecule has 0 unspecified atom stereocenters. The molecule has 1 aliphatic heterocycles. The van der Waals surface area contributed by atoms with Gasteiger partial charge in [0.2, 0.25) is 10.0 Å². The molecule has 2 heterocycles. The molecule has 0 radical (unpaired) electrons. The molecule has 0 saturated carbocycles. The van der Waals surface area contributed by atoms with Crippen LogP contribution in [0.5, 0.6) is 0 Å². The highest BCUT2D eigenvalue weighted by molar-refractivity contribution is 7.89. The molecule has 0 N–H and O–H groups in total. The van der Waals surface area contributed by atoms with E-state index in [0.717, 1.165) is 22.0 Å². The second kappa shape index (κ2) is 7.89. The van der Waals surface area contributed by atoms with Gasteiger partial charge in [-0.15, -0.1) is 11.3 Å². The molecule has 0 amide bonds. The van der Waals surface area contributed by atoms with Gasteiger partial charge in [-0.1, -0.05) is 34.9 Å². The summed E-state index contributed by atoms with van der Waals surface area (Å²) in [6.45, 7) is 8.36. The van der Waals surface area contributed by atoms with Crippen LogP contribution in [0, 0.1) is 20.8 Å². The van der Waals surface area contributed by atoms with Crippen LogP contribution in [-0.2, 0) is 10.0 Å². The number of anilines is 1. The van der Waals surface area contributed by atoms with Crippen LogP contribution < -0.4 is 4.90 Å². The molecular formula is C22H25N3O2S2. The van der Waals surface area contributed by atoms with Crippen molar-refractivity contribution in [2.75, 3.05) is 31.1 Å². The number of aromatic nitrogens is 1. The van der Waals surface area contributed by atoms with Crippen molar-refractivity contribution in [1.29, 1.82) is 0 Å². The Labute approximate surface area is 176 Å². The molecule has 1 aromatic heterocycles. The van der Waals surface area contributed by atoms with E-state index in [1.54, 1.807) is 27.8 Å². The summed E-state index contributed by atoms with van der Waals surface area (Å²) in [5.74, 6) is 0. The van der Waals surface area contributed by atoms with Crippen molar-refractivity contribution in [3.05, 3.63) is 64.5 Å². The maximum Gasteiger partial charge on any atom is 0.243 e. The number of benzene rings is 2. The second-order valence-corrected chi connectivity index (χ2v) is 10.4. The van der Waals surface area contributed by atoms with E-state index in [1.807, 2.05) is 19.1 Å². The SMILES string of the molecule is Cc1ccc(S(=O)(=O)N2CCN(c3nc(-c4cc(C)cc(C)c4)cs3)CC2)cc1. The fourth-order valence-corrected chi connectivity index (χ4v) is 5.95. The third-order valence-electron chi connectivity index (χ3n) is 5.18. The Morgan fingerprint density at radius 2 is 1.48 bits per heavy atom. The Balaban J connectivity index is 1.46. The molecule has 1 aliphatic rings. The van der Waals surface area contributed by atoms with Gasteiger partial charge in [0, 0.05) is 37.1 Å². The van der Waals surface area contributed by atoms with Crippen molar-refractivity contribution < 1.29 is 8.42 Å². The average Bonchev–Trinajstić information content (AvgIpc) is 3.18. The molecule has 1 saturated heterocycles. The molecule has 3 aromatic rings. The first-order valence-electron chi connectivity index (χ1n) is 9.69. The monoisotopic (exact) mass is 427 g/mol. The predicted molar refractivity (Wildman–Crippen MR) is 119 cm³/mol. The summed E-state index contributed by atoms with van der Waals surface area (Å²) in [7, 11) is -3.44. The maximum absolute atomic E-state index is 12.9. The Morgan fingerprint density at radius 1 is 0.862 bits per heavy atom. The molecule has 7 heteroatoms. The number of hydrogen-bond acceptors (Lipinski definition) is 5. The summed E-state index contributed by atoms with van der Waals surface area (Å²) in [6.07, 6.45) is 0. The molecule has 5 nitrogen and oxygen atoms in total. The Bertz CT molecular complexity index is 1090. The average molecular weight is 428 g/mol. The third kappa shape index (κ3) is 4.22. The van der Waals surface area contributed by atoms with Crippen molar-refractivity contribution in [3.8, 4) is 11.3 Å². The van der Waals surface area contributed by atoms with Crippen molar-refractivity contribution in [2.24, 2.45) is 0 Å². The van der Waals surface area contributed by atoms with Crippen LogP contribution in [0.2, 0.25) is 0 Å². The van der Waals surface area contributed by atoms with Gasteiger partial charge in [-0.05, 0) is 45.0 Å². The number of rotatable bonds is 4. The van der Waals surface area contributed by atoms with Crippen LogP contribution in [0.3, 0.4) is 0 Å². The molecule has 4 rings (SSSR count). The Morgan fingerprint density at radius 3 is 2.10 bits per heavy atom. The largest absolute Gasteiger partial charge is 0.345 e. The topological polar surface area (TPSA) is 53.5 Å². The molecule has 2 aromatic carbocycles. The summed E-state index contributed by atoms with van der Waals surface area (Å²) in [5.41, 5.74) is 5.61. The molecule has 0 aliphatic carbocycles. The molecule has 0 bridgehead atoms. The first-order valence-corrected chi connectivity index (χ1v) is 12.0. The van der Waals surface area contributed by atoms with Gasteiger partial charge in [0.25, 0.3) is 0 Å². The normalized spacial score (nSPS) is 15.6. The van der Waals surface area contributed by atoms with Gasteiger partial charge in [0.15, 0.2) is 5.13 Å². The van der Waals surface area contributed by atoms with Gasteiger partial charge in [0.05, 0.1) is 10.6 Å². The quantitative estimate of drug-likeness (QED) is 0.625. The van der Waals surface area contributed by atoms with Crippen molar-refractivity contribution in [1.82, 2.24) is 9.29 Å². The predicted octanol–water partition coefficient (Wildman–Crippen LogP) is 4.25. The minimum Gasteiger partial charge on any atom is -0.345 e.